The van der Waals surface area contributed by atoms with Crippen LogP contribution in [0.5, 0.6) is 0 Å². The molecule has 0 N–H and O–H groups in total. The zero-order valence-electron chi connectivity index (χ0n) is 2.17. The van der Waals surface area contributed by atoms with E-state index in [1.165, 1.54) is 0 Å². The SMILES string of the molecule is [O-2].[O-2].[O-2].[Ti+4].[V]. The fourth-order valence-corrected chi connectivity index (χ4v) is 0. The van der Waals surface area contributed by atoms with Crippen LogP contribution in [-0.4, -0.2) is 0 Å². The van der Waals surface area contributed by atoms with Gasteiger partial charge in [0.2, 0.25) is 0 Å². The fraction of sp³-hybridized carbons (Fsp3) is 0. The van der Waals surface area contributed by atoms with E-state index in [2.05, 4.69) is 0 Å². The van der Waals surface area contributed by atoms with E-state index < -0.39 is 0 Å². The van der Waals surface area contributed by atoms with Crippen molar-refractivity contribution in [2.24, 2.45) is 0 Å². The Labute approximate surface area is 56.8 Å². The number of rotatable bonds is 0. The minimum Gasteiger partial charge on any atom is -2.00 e. The van der Waals surface area contributed by atoms with Crippen molar-refractivity contribution in [3.05, 3.63) is 0 Å². The van der Waals surface area contributed by atoms with Gasteiger partial charge in [-0.2, -0.15) is 0 Å². The summed E-state index contributed by atoms with van der Waals surface area (Å²) in [4.78, 5) is 0. The zero-order chi connectivity index (χ0) is 0. The molecule has 0 aliphatic carbocycles. The Kier molecular flexibility index (Phi) is 1550. The largest absolute Gasteiger partial charge is 4.00 e. The van der Waals surface area contributed by atoms with Crippen LogP contribution in [0.1, 0.15) is 0 Å². The van der Waals surface area contributed by atoms with Crippen LogP contribution in [0.4, 0.5) is 0 Å². The molecule has 0 amide bonds. The molecule has 5 heavy (non-hydrogen) atoms. The Balaban J connectivity index is 0. The molecule has 0 aromatic carbocycles. The summed E-state index contributed by atoms with van der Waals surface area (Å²) in [6.45, 7) is 0. The van der Waals surface area contributed by atoms with Crippen molar-refractivity contribution in [1.82, 2.24) is 0 Å². The first-order chi connectivity index (χ1) is 0. The Morgan fingerprint density at radius 3 is 0.600 bits per heavy atom. The molecule has 0 unspecified atom stereocenters. The smallest absolute Gasteiger partial charge is 2.00 e. The van der Waals surface area contributed by atoms with Gasteiger partial charge in [0.15, 0.2) is 0 Å². The standard InChI is InChI=1S/3O.Ti.V/q3*-2;+4;. The third-order valence-electron chi connectivity index (χ3n) is 0. The summed E-state index contributed by atoms with van der Waals surface area (Å²) in [5.41, 5.74) is 0. The number of hydrogen-bond donors (Lipinski definition) is 0. The summed E-state index contributed by atoms with van der Waals surface area (Å²) >= 11 is 0. The van der Waals surface area contributed by atoms with Gasteiger partial charge in [0.25, 0.3) is 0 Å². The van der Waals surface area contributed by atoms with Crippen LogP contribution in [0.3, 0.4) is 0 Å². The van der Waals surface area contributed by atoms with Crippen molar-refractivity contribution in [2.45, 2.75) is 0 Å². The van der Waals surface area contributed by atoms with Gasteiger partial charge in [-0.1, -0.05) is 0 Å². The average Bonchev–Trinajstić information content (AvgIpc) is 0. The second-order valence-corrected chi connectivity index (χ2v) is 0. The van der Waals surface area contributed by atoms with E-state index in [4.69, 9.17) is 0 Å². The summed E-state index contributed by atoms with van der Waals surface area (Å²) in [6, 6.07) is 0. The van der Waals surface area contributed by atoms with Crippen molar-refractivity contribution in [2.75, 3.05) is 0 Å². The second-order valence-electron chi connectivity index (χ2n) is 0. The van der Waals surface area contributed by atoms with Gasteiger partial charge >= 0.3 is 21.7 Å². The molecule has 0 aromatic heterocycles. The quantitative estimate of drug-likeness (QED) is 0.418. The molecule has 0 aliphatic heterocycles. The molecule has 1 radical (unpaired) electrons. The first-order valence-electron chi connectivity index (χ1n) is 0. The molecule has 0 aliphatic rings. The van der Waals surface area contributed by atoms with E-state index in [0.717, 1.165) is 0 Å². The topological polar surface area (TPSA) is 85.5 Å². The summed E-state index contributed by atoms with van der Waals surface area (Å²) in [5, 5.41) is 0. The van der Waals surface area contributed by atoms with Crippen molar-refractivity contribution in [3.63, 3.8) is 0 Å². The van der Waals surface area contributed by atoms with Gasteiger partial charge < -0.3 is 16.4 Å². The van der Waals surface area contributed by atoms with Crippen LogP contribution in [0.25, 0.3) is 0 Å². The van der Waals surface area contributed by atoms with E-state index in [0.29, 0.717) is 0 Å². The van der Waals surface area contributed by atoms with Gasteiger partial charge in [0.1, 0.15) is 0 Å². The third-order valence-corrected chi connectivity index (χ3v) is 0. The predicted molar refractivity (Wildman–Crippen MR) is 2.06 cm³/mol. The van der Waals surface area contributed by atoms with E-state index in [1.807, 2.05) is 0 Å². The molecule has 3 nitrogen and oxygen atoms in total. The van der Waals surface area contributed by atoms with E-state index >= 15 is 0 Å². The molecule has 0 aromatic rings. The molecule has 0 bridgehead atoms. The van der Waals surface area contributed by atoms with Crippen LogP contribution in [-0.2, 0) is 56.7 Å². The van der Waals surface area contributed by atoms with E-state index in [-0.39, 0.29) is 56.7 Å². The Hall–Kier alpha value is 1.18. The van der Waals surface area contributed by atoms with Gasteiger partial charge in [-0.05, 0) is 0 Å². The maximum atomic E-state index is 0. The van der Waals surface area contributed by atoms with Gasteiger partial charge in [0, 0.05) is 18.6 Å². The molecule has 0 fully saturated rings. The minimum absolute atomic E-state index is 0. The minimum atomic E-state index is 0. The third kappa shape index (κ3) is 37.7. The van der Waals surface area contributed by atoms with Crippen LogP contribution in [0, 0.1) is 0 Å². The van der Waals surface area contributed by atoms with E-state index in [9.17, 15) is 0 Å². The summed E-state index contributed by atoms with van der Waals surface area (Å²) in [7, 11) is 0. The van der Waals surface area contributed by atoms with Gasteiger partial charge in [-0.3, -0.25) is 0 Å². The summed E-state index contributed by atoms with van der Waals surface area (Å²) in [6.07, 6.45) is 0. The van der Waals surface area contributed by atoms with Crippen LogP contribution < -0.4 is 0 Å². The Morgan fingerprint density at radius 1 is 0.600 bits per heavy atom. The fourth-order valence-electron chi connectivity index (χ4n) is 0. The van der Waals surface area contributed by atoms with Crippen LogP contribution in [0.2, 0.25) is 0 Å². The normalized spacial score (nSPS) is 0. The molecule has 0 heterocycles. The maximum absolute atomic E-state index is 0. The van der Waals surface area contributed by atoms with Crippen LogP contribution >= 0.6 is 0 Å². The molecule has 0 atom stereocenters. The molecular formula is O3TiV-2. The Bertz CT molecular complexity index is 6.85. The van der Waals surface area contributed by atoms with Crippen molar-refractivity contribution in [3.8, 4) is 0 Å². The average molecular weight is 147 g/mol. The molecule has 29 valence electrons. The molecule has 5 heteroatoms. The van der Waals surface area contributed by atoms with Crippen molar-refractivity contribution >= 4 is 0 Å². The molecule has 0 rings (SSSR count). The monoisotopic (exact) mass is 147 g/mol. The van der Waals surface area contributed by atoms with Crippen molar-refractivity contribution in [1.29, 1.82) is 0 Å². The van der Waals surface area contributed by atoms with Gasteiger partial charge in [0.05, 0.1) is 0 Å². The van der Waals surface area contributed by atoms with Gasteiger partial charge in [-0.25, -0.2) is 0 Å². The second kappa shape index (κ2) is 65.1. The summed E-state index contributed by atoms with van der Waals surface area (Å²) in [5.74, 6) is 0. The van der Waals surface area contributed by atoms with E-state index in [1.54, 1.807) is 0 Å². The molecular weight excluding hydrogens is 147 g/mol. The molecule has 0 saturated carbocycles. The van der Waals surface area contributed by atoms with Crippen LogP contribution in [0.15, 0.2) is 0 Å². The number of hydrogen-bond acceptors (Lipinski definition) is 0. The molecule has 0 spiro atoms. The summed E-state index contributed by atoms with van der Waals surface area (Å²) < 4.78 is 0. The molecule has 0 saturated heterocycles. The first-order valence-corrected chi connectivity index (χ1v) is 0. The van der Waals surface area contributed by atoms with Crippen molar-refractivity contribution < 1.29 is 56.7 Å². The first kappa shape index (κ1) is 119. The maximum Gasteiger partial charge on any atom is 4.00 e. The van der Waals surface area contributed by atoms with Gasteiger partial charge in [-0.15, -0.1) is 0 Å². The Morgan fingerprint density at radius 2 is 0.600 bits per heavy atom. The zero-order valence-corrected chi connectivity index (χ0v) is 5.13. The predicted octanol–water partition coefficient (Wildman–Crippen LogP) is -0.361.